The molecule has 1 saturated heterocycles. The van der Waals surface area contributed by atoms with Gasteiger partial charge in [-0.1, -0.05) is 41.9 Å². The minimum absolute atomic E-state index is 0.00196. The third kappa shape index (κ3) is 5.45. The standard InChI is InChI=1S/C24H26ClN3O2S/c1-24(2,30-21-10-8-19(25)9-11-21)23(29)28-14-12-27(13-15-28)16-20-17-31-22(26-20)18-6-4-3-5-7-18/h3-11,17H,12-16H2,1-2H3. The Hall–Kier alpha value is -2.41. The van der Waals surface area contributed by atoms with E-state index in [1.165, 1.54) is 0 Å². The number of thiazole rings is 1. The molecule has 1 aromatic heterocycles. The second-order valence-corrected chi connectivity index (χ2v) is 9.44. The summed E-state index contributed by atoms with van der Waals surface area (Å²) < 4.78 is 5.97. The molecule has 0 atom stereocenters. The minimum atomic E-state index is -0.935. The third-order valence-corrected chi connectivity index (χ3v) is 6.51. The Balaban J connectivity index is 1.30. The van der Waals surface area contributed by atoms with Crippen molar-refractivity contribution in [3.63, 3.8) is 0 Å². The maximum Gasteiger partial charge on any atom is 0.266 e. The molecular weight excluding hydrogens is 430 g/mol. The lowest BCUT2D eigenvalue weighted by Crippen LogP contribution is -2.55. The summed E-state index contributed by atoms with van der Waals surface area (Å²) >= 11 is 7.61. The van der Waals surface area contributed by atoms with Crippen molar-refractivity contribution in [3.8, 4) is 16.3 Å². The van der Waals surface area contributed by atoms with E-state index in [2.05, 4.69) is 22.4 Å². The van der Waals surface area contributed by atoms with Crippen molar-refractivity contribution < 1.29 is 9.53 Å². The van der Waals surface area contributed by atoms with Crippen LogP contribution in [-0.2, 0) is 11.3 Å². The van der Waals surface area contributed by atoms with Gasteiger partial charge in [0.15, 0.2) is 5.60 Å². The smallest absolute Gasteiger partial charge is 0.266 e. The lowest BCUT2D eigenvalue weighted by atomic mass is 10.1. The average molecular weight is 456 g/mol. The number of benzene rings is 2. The fourth-order valence-electron chi connectivity index (χ4n) is 3.65. The number of halogens is 1. The molecule has 1 aliphatic rings. The second-order valence-electron chi connectivity index (χ2n) is 8.14. The van der Waals surface area contributed by atoms with Crippen LogP contribution in [0.5, 0.6) is 5.75 Å². The summed E-state index contributed by atoms with van der Waals surface area (Å²) in [7, 11) is 0. The van der Waals surface area contributed by atoms with Gasteiger partial charge < -0.3 is 9.64 Å². The summed E-state index contributed by atoms with van der Waals surface area (Å²) in [5, 5.41) is 3.82. The number of piperazine rings is 1. The lowest BCUT2D eigenvalue weighted by Gasteiger charge is -2.38. The Morgan fingerprint density at radius 3 is 2.42 bits per heavy atom. The molecule has 31 heavy (non-hydrogen) atoms. The summed E-state index contributed by atoms with van der Waals surface area (Å²) in [6.07, 6.45) is 0. The van der Waals surface area contributed by atoms with Crippen LogP contribution >= 0.6 is 22.9 Å². The average Bonchev–Trinajstić information content (AvgIpc) is 3.24. The summed E-state index contributed by atoms with van der Waals surface area (Å²) in [6, 6.07) is 17.3. The van der Waals surface area contributed by atoms with Crippen LogP contribution in [0, 0.1) is 0 Å². The molecule has 2 aromatic carbocycles. The van der Waals surface area contributed by atoms with Crippen LogP contribution in [0.2, 0.25) is 5.02 Å². The van der Waals surface area contributed by atoms with Gasteiger partial charge in [-0.15, -0.1) is 11.3 Å². The summed E-state index contributed by atoms with van der Waals surface area (Å²) in [6.45, 7) is 7.44. The molecule has 1 aliphatic heterocycles. The van der Waals surface area contributed by atoms with Crippen LogP contribution in [0.25, 0.3) is 10.6 Å². The Kier molecular flexibility index (Phi) is 6.60. The molecule has 5 nitrogen and oxygen atoms in total. The van der Waals surface area contributed by atoms with Crippen LogP contribution in [0.3, 0.4) is 0 Å². The van der Waals surface area contributed by atoms with Crippen LogP contribution in [0.15, 0.2) is 60.0 Å². The van der Waals surface area contributed by atoms with Crippen LogP contribution in [-0.4, -0.2) is 52.5 Å². The topological polar surface area (TPSA) is 45.7 Å². The number of nitrogens with zero attached hydrogens (tertiary/aromatic N) is 3. The number of hydrogen-bond acceptors (Lipinski definition) is 5. The highest BCUT2D eigenvalue weighted by atomic mass is 35.5. The molecule has 0 aliphatic carbocycles. The van der Waals surface area contributed by atoms with E-state index < -0.39 is 5.60 Å². The summed E-state index contributed by atoms with van der Waals surface area (Å²) in [5.74, 6) is 0.640. The van der Waals surface area contributed by atoms with Crippen LogP contribution < -0.4 is 4.74 Å². The van der Waals surface area contributed by atoms with Gasteiger partial charge in [-0.2, -0.15) is 0 Å². The highest BCUT2D eigenvalue weighted by Crippen LogP contribution is 2.25. The monoisotopic (exact) mass is 455 g/mol. The molecule has 0 spiro atoms. The molecule has 0 bridgehead atoms. The third-order valence-electron chi connectivity index (χ3n) is 5.32. The molecule has 0 N–H and O–H groups in total. The zero-order valence-electron chi connectivity index (χ0n) is 17.8. The van der Waals surface area contributed by atoms with Crippen molar-refractivity contribution in [2.75, 3.05) is 26.2 Å². The van der Waals surface area contributed by atoms with Crippen molar-refractivity contribution in [3.05, 3.63) is 70.7 Å². The van der Waals surface area contributed by atoms with E-state index in [0.717, 1.165) is 35.9 Å². The molecule has 4 rings (SSSR count). The first-order valence-electron chi connectivity index (χ1n) is 10.4. The van der Waals surface area contributed by atoms with Gasteiger partial charge in [-0.3, -0.25) is 9.69 Å². The highest BCUT2D eigenvalue weighted by molar-refractivity contribution is 7.13. The molecule has 0 unspecified atom stereocenters. The van der Waals surface area contributed by atoms with E-state index in [4.69, 9.17) is 21.3 Å². The van der Waals surface area contributed by atoms with Gasteiger partial charge in [0.1, 0.15) is 10.8 Å². The number of hydrogen-bond donors (Lipinski definition) is 0. The van der Waals surface area contributed by atoms with E-state index in [-0.39, 0.29) is 5.91 Å². The van der Waals surface area contributed by atoms with E-state index in [1.54, 1.807) is 35.6 Å². The van der Waals surface area contributed by atoms with E-state index in [0.29, 0.717) is 23.9 Å². The molecule has 162 valence electrons. The zero-order chi connectivity index (χ0) is 21.8. The van der Waals surface area contributed by atoms with Gasteiger partial charge in [-0.05, 0) is 38.1 Å². The van der Waals surface area contributed by atoms with Crippen molar-refractivity contribution in [1.29, 1.82) is 0 Å². The molecule has 7 heteroatoms. The predicted molar refractivity (Wildman–Crippen MR) is 126 cm³/mol. The maximum atomic E-state index is 13.1. The van der Waals surface area contributed by atoms with E-state index >= 15 is 0 Å². The first-order valence-corrected chi connectivity index (χ1v) is 11.6. The van der Waals surface area contributed by atoms with E-state index in [9.17, 15) is 4.79 Å². The Morgan fingerprint density at radius 2 is 1.74 bits per heavy atom. The molecule has 0 saturated carbocycles. The molecule has 0 radical (unpaired) electrons. The van der Waals surface area contributed by atoms with Gasteiger partial charge in [-0.25, -0.2) is 4.98 Å². The number of rotatable bonds is 6. The molecule has 1 amide bonds. The normalized spacial score (nSPS) is 15.1. The fraction of sp³-hybridized carbons (Fsp3) is 0.333. The van der Waals surface area contributed by atoms with Crippen molar-refractivity contribution in [2.45, 2.75) is 26.0 Å². The van der Waals surface area contributed by atoms with Gasteiger partial charge in [0.2, 0.25) is 0 Å². The van der Waals surface area contributed by atoms with Crippen LogP contribution in [0.1, 0.15) is 19.5 Å². The van der Waals surface area contributed by atoms with Gasteiger partial charge in [0, 0.05) is 48.7 Å². The Labute approximate surface area is 192 Å². The molecule has 1 fully saturated rings. The SMILES string of the molecule is CC(C)(Oc1ccc(Cl)cc1)C(=O)N1CCN(Cc2csc(-c3ccccc3)n2)CC1. The Bertz CT molecular complexity index is 1010. The largest absolute Gasteiger partial charge is 0.478 e. The zero-order valence-corrected chi connectivity index (χ0v) is 19.3. The number of ether oxygens (including phenoxy) is 1. The second kappa shape index (κ2) is 9.39. The fourth-order valence-corrected chi connectivity index (χ4v) is 4.60. The van der Waals surface area contributed by atoms with Gasteiger partial charge in [0.25, 0.3) is 5.91 Å². The van der Waals surface area contributed by atoms with Gasteiger partial charge >= 0.3 is 0 Å². The van der Waals surface area contributed by atoms with Crippen LogP contribution in [0.4, 0.5) is 0 Å². The summed E-state index contributed by atoms with van der Waals surface area (Å²) in [4.78, 5) is 22.1. The maximum absolute atomic E-state index is 13.1. The number of aromatic nitrogens is 1. The minimum Gasteiger partial charge on any atom is -0.478 e. The first kappa shape index (κ1) is 21.8. The van der Waals surface area contributed by atoms with Crippen molar-refractivity contribution >= 4 is 28.8 Å². The summed E-state index contributed by atoms with van der Waals surface area (Å²) in [5.41, 5.74) is 1.29. The quantitative estimate of drug-likeness (QED) is 0.526. The van der Waals surface area contributed by atoms with Crippen molar-refractivity contribution in [2.24, 2.45) is 0 Å². The molecular formula is C24H26ClN3O2S. The first-order chi connectivity index (χ1) is 14.9. The molecule has 3 aromatic rings. The highest BCUT2D eigenvalue weighted by Gasteiger charge is 2.35. The number of carbonyl (C=O) groups is 1. The van der Waals surface area contributed by atoms with Gasteiger partial charge in [0.05, 0.1) is 5.69 Å². The lowest BCUT2D eigenvalue weighted by molar-refractivity contribution is -0.147. The van der Waals surface area contributed by atoms with Crippen molar-refractivity contribution in [1.82, 2.24) is 14.8 Å². The Morgan fingerprint density at radius 1 is 1.06 bits per heavy atom. The van der Waals surface area contributed by atoms with E-state index in [1.807, 2.05) is 36.9 Å². The molecule has 2 heterocycles. The predicted octanol–water partition coefficient (Wildman–Crippen LogP) is 4.97. The number of amides is 1. The number of carbonyl (C=O) groups excluding carboxylic acids is 1.